The summed E-state index contributed by atoms with van der Waals surface area (Å²) >= 11 is 0. The minimum Gasteiger partial charge on any atom is -0.308 e. The van der Waals surface area contributed by atoms with E-state index in [2.05, 4.69) is 60.5 Å². The van der Waals surface area contributed by atoms with E-state index in [1.54, 1.807) is 0 Å². The highest BCUT2D eigenvalue weighted by Gasteiger charge is 2.22. The van der Waals surface area contributed by atoms with E-state index < -0.39 is 9.04 Å². The Bertz CT molecular complexity index is 829. The van der Waals surface area contributed by atoms with Gasteiger partial charge in [0.05, 0.1) is 0 Å². The molecule has 0 fully saturated rings. The molecule has 7 heteroatoms. The summed E-state index contributed by atoms with van der Waals surface area (Å²) in [5.74, 6) is -0.102. The van der Waals surface area contributed by atoms with Crippen LogP contribution in [-0.4, -0.2) is 21.5 Å². The van der Waals surface area contributed by atoms with Gasteiger partial charge in [-0.05, 0) is 39.7 Å². The molecule has 2 rings (SSSR count). The molecule has 6 nitrogen and oxygen atoms in total. The highest BCUT2D eigenvalue weighted by atomic mass is 28.3. The van der Waals surface area contributed by atoms with Gasteiger partial charge in [-0.3, -0.25) is 4.79 Å². The van der Waals surface area contributed by atoms with Gasteiger partial charge in [0, 0.05) is 17.9 Å². The largest absolute Gasteiger partial charge is 0.320 e. The summed E-state index contributed by atoms with van der Waals surface area (Å²) in [4.78, 5) is 15.0. The van der Waals surface area contributed by atoms with Crippen molar-refractivity contribution in [1.29, 1.82) is 0 Å². The van der Waals surface area contributed by atoms with E-state index in [-0.39, 0.29) is 11.3 Å². The van der Waals surface area contributed by atoms with Gasteiger partial charge in [-0.25, -0.2) is 5.48 Å². The molecule has 0 unspecified atom stereocenters. The number of rotatable bonds is 11. The van der Waals surface area contributed by atoms with Crippen molar-refractivity contribution < 1.29 is 9.32 Å². The van der Waals surface area contributed by atoms with Crippen LogP contribution in [0.25, 0.3) is 10.4 Å². The molecular formula is C23H31N4O2Si. The standard InChI is InChI=1S/C23H31N4O2Si/c1-23(2,3)19-14-16-21(17-15-19)30(20-11-7-6-8-12-20)29-26-22(28)13-9-4-5-10-18-25-27-24/h6-8,11-12,14-17H,4-5,9-10,13,18H2,1-3H3,(H,26,28). The molecule has 0 aromatic heterocycles. The summed E-state index contributed by atoms with van der Waals surface area (Å²) in [7, 11) is -1.58. The van der Waals surface area contributed by atoms with E-state index in [0.29, 0.717) is 13.0 Å². The summed E-state index contributed by atoms with van der Waals surface area (Å²) in [5.41, 5.74) is 12.3. The van der Waals surface area contributed by atoms with Crippen molar-refractivity contribution >= 4 is 25.3 Å². The maximum absolute atomic E-state index is 12.2. The summed E-state index contributed by atoms with van der Waals surface area (Å²) < 4.78 is 5.96. The van der Waals surface area contributed by atoms with E-state index in [4.69, 9.17) is 10.1 Å². The van der Waals surface area contributed by atoms with Crippen molar-refractivity contribution in [2.75, 3.05) is 6.54 Å². The summed E-state index contributed by atoms with van der Waals surface area (Å²) in [6.07, 6.45) is 3.95. The predicted molar refractivity (Wildman–Crippen MR) is 123 cm³/mol. The van der Waals surface area contributed by atoms with E-state index in [1.807, 2.05) is 30.3 Å². The van der Waals surface area contributed by atoms with E-state index in [9.17, 15) is 4.79 Å². The minimum absolute atomic E-state index is 0.0915. The van der Waals surface area contributed by atoms with Crippen LogP contribution in [0, 0.1) is 0 Å². The molecule has 159 valence electrons. The highest BCUT2D eigenvalue weighted by Crippen LogP contribution is 2.20. The van der Waals surface area contributed by atoms with Gasteiger partial charge in [0.2, 0.25) is 5.91 Å². The van der Waals surface area contributed by atoms with Crippen LogP contribution in [0.2, 0.25) is 0 Å². The van der Waals surface area contributed by atoms with Crippen molar-refractivity contribution in [2.24, 2.45) is 5.11 Å². The Balaban J connectivity index is 1.93. The molecule has 2 aromatic rings. The third-order valence-electron chi connectivity index (χ3n) is 4.79. The highest BCUT2D eigenvalue weighted by molar-refractivity contribution is 6.80. The topological polar surface area (TPSA) is 87.1 Å². The molecule has 0 aliphatic carbocycles. The number of hydrogen-bond acceptors (Lipinski definition) is 3. The third kappa shape index (κ3) is 8.03. The summed E-state index contributed by atoms with van der Waals surface area (Å²) in [6, 6.07) is 18.6. The van der Waals surface area contributed by atoms with Crippen LogP contribution in [0.3, 0.4) is 0 Å². The molecule has 0 atom stereocenters. The van der Waals surface area contributed by atoms with Gasteiger partial charge in [0.1, 0.15) is 0 Å². The second kappa shape index (κ2) is 12.2. The zero-order valence-electron chi connectivity index (χ0n) is 18.1. The Hall–Kier alpha value is -2.60. The van der Waals surface area contributed by atoms with Crippen LogP contribution in [0.15, 0.2) is 59.7 Å². The zero-order chi connectivity index (χ0) is 21.8. The maximum atomic E-state index is 12.2. The lowest BCUT2D eigenvalue weighted by Gasteiger charge is -2.21. The molecule has 0 spiro atoms. The van der Waals surface area contributed by atoms with Gasteiger partial charge in [-0.1, -0.05) is 93.3 Å². The van der Waals surface area contributed by atoms with Crippen molar-refractivity contribution in [1.82, 2.24) is 5.48 Å². The average molecular weight is 424 g/mol. The Kier molecular flexibility index (Phi) is 9.61. The number of nitrogens with zero attached hydrogens (tertiary/aromatic N) is 3. The van der Waals surface area contributed by atoms with E-state index in [1.165, 1.54) is 5.56 Å². The smallest absolute Gasteiger partial charge is 0.308 e. The third-order valence-corrected chi connectivity index (χ3v) is 6.81. The van der Waals surface area contributed by atoms with Gasteiger partial charge in [-0.2, -0.15) is 0 Å². The number of benzene rings is 2. The molecule has 0 saturated heterocycles. The number of carbonyl (C=O) groups excluding carboxylic acids is 1. The lowest BCUT2D eigenvalue weighted by molar-refractivity contribution is -0.127. The predicted octanol–water partition coefficient (Wildman–Crippen LogP) is 4.40. The molecule has 0 heterocycles. The first-order valence-electron chi connectivity index (χ1n) is 10.4. The summed E-state index contributed by atoms with van der Waals surface area (Å²) in [6.45, 7) is 7.10. The molecule has 0 bridgehead atoms. The van der Waals surface area contributed by atoms with Crippen LogP contribution < -0.4 is 15.9 Å². The summed E-state index contributed by atoms with van der Waals surface area (Å²) in [5, 5.41) is 5.70. The SMILES string of the molecule is CC(C)(C)c1ccc([Si](ONC(=O)CCCCCCN=[N+]=[N-])c2ccccc2)cc1. The minimum atomic E-state index is -1.58. The fourth-order valence-corrected chi connectivity index (χ4v) is 4.77. The van der Waals surface area contributed by atoms with Crippen molar-refractivity contribution in [3.8, 4) is 0 Å². The Morgan fingerprint density at radius 3 is 2.27 bits per heavy atom. The molecule has 0 saturated carbocycles. The maximum Gasteiger partial charge on any atom is 0.320 e. The first-order valence-corrected chi connectivity index (χ1v) is 11.8. The van der Waals surface area contributed by atoms with Crippen molar-refractivity contribution in [3.63, 3.8) is 0 Å². The Morgan fingerprint density at radius 1 is 1.00 bits per heavy atom. The molecule has 1 amide bonds. The Labute approximate surface area is 181 Å². The first-order chi connectivity index (χ1) is 14.4. The second-order valence-electron chi connectivity index (χ2n) is 8.27. The Morgan fingerprint density at radius 2 is 1.63 bits per heavy atom. The molecule has 0 aliphatic rings. The van der Waals surface area contributed by atoms with Crippen molar-refractivity contribution in [2.45, 2.75) is 58.3 Å². The lowest BCUT2D eigenvalue weighted by atomic mass is 9.87. The van der Waals surface area contributed by atoms with E-state index >= 15 is 0 Å². The molecule has 1 N–H and O–H groups in total. The quantitative estimate of drug-likeness (QED) is 0.145. The van der Waals surface area contributed by atoms with Gasteiger partial charge < -0.3 is 4.53 Å². The number of hydroxylamine groups is 1. The van der Waals surface area contributed by atoms with Gasteiger partial charge in [0.15, 0.2) is 0 Å². The number of nitrogens with one attached hydrogen (secondary N) is 1. The lowest BCUT2D eigenvalue weighted by Crippen LogP contribution is -2.49. The second-order valence-corrected chi connectivity index (χ2v) is 10.3. The fourth-order valence-electron chi connectivity index (χ4n) is 3.02. The van der Waals surface area contributed by atoms with Gasteiger partial charge in [-0.15, -0.1) is 0 Å². The number of carbonyl (C=O) groups is 1. The molecule has 0 aliphatic heterocycles. The number of hydrogen-bond donors (Lipinski definition) is 1. The van der Waals surface area contributed by atoms with Crippen LogP contribution in [0.1, 0.15) is 58.4 Å². The first kappa shape index (κ1) is 23.7. The van der Waals surface area contributed by atoms with Gasteiger partial charge in [0.25, 0.3) is 0 Å². The average Bonchev–Trinajstić information content (AvgIpc) is 2.74. The van der Waals surface area contributed by atoms with E-state index in [0.717, 1.165) is 36.1 Å². The normalized spacial score (nSPS) is 11.2. The monoisotopic (exact) mass is 423 g/mol. The number of unbranched alkanes of at least 4 members (excludes halogenated alkanes) is 3. The molecule has 1 radical (unpaired) electrons. The fraction of sp³-hybridized carbons (Fsp3) is 0.435. The van der Waals surface area contributed by atoms with Crippen LogP contribution in [0.4, 0.5) is 0 Å². The molecular weight excluding hydrogens is 392 g/mol. The number of azide groups is 1. The van der Waals surface area contributed by atoms with Crippen LogP contribution >= 0.6 is 0 Å². The van der Waals surface area contributed by atoms with Crippen molar-refractivity contribution in [3.05, 3.63) is 70.6 Å². The molecule has 2 aromatic carbocycles. The zero-order valence-corrected chi connectivity index (χ0v) is 19.1. The van der Waals surface area contributed by atoms with Gasteiger partial charge >= 0.3 is 9.04 Å². The molecule has 30 heavy (non-hydrogen) atoms. The van der Waals surface area contributed by atoms with Crippen LogP contribution in [0.5, 0.6) is 0 Å². The number of amides is 1. The van der Waals surface area contributed by atoms with Crippen LogP contribution in [-0.2, 0) is 14.7 Å².